The second kappa shape index (κ2) is 10.7. The van der Waals surface area contributed by atoms with E-state index in [1.165, 1.54) is 15.3 Å². The normalized spacial score (nSPS) is 14.7. The first-order valence-corrected chi connectivity index (χ1v) is 12.0. The molecule has 3 rings (SSSR count). The van der Waals surface area contributed by atoms with Crippen LogP contribution in [0.3, 0.4) is 0 Å². The lowest BCUT2D eigenvalue weighted by Gasteiger charge is -2.31. The minimum absolute atomic E-state index is 0.0423. The summed E-state index contributed by atoms with van der Waals surface area (Å²) in [5, 5.41) is 3.06. The van der Waals surface area contributed by atoms with E-state index in [9.17, 15) is 9.59 Å². The third kappa shape index (κ3) is 5.49. The quantitative estimate of drug-likeness (QED) is 0.679. The average Bonchev–Trinajstić information content (AvgIpc) is 3.17. The Kier molecular flexibility index (Phi) is 8.05. The predicted octanol–water partition coefficient (Wildman–Crippen LogP) is 2.80. The number of para-hydroxylation sites is 1. The van der Waals surface area contributed by atoms with Gasteiger partial charge in [-0.1, -0.05) is 45.4 Å². The van der Waals surface area contributed by atoms with Crippen LogP contribution in [0.5, 0.6) is 0 Å². The van der Waals surface area contributed by atoms with E-state index >= 15 is 0 Å². The van der Waals surface area contributed by atoms with Gasteiger partial charge in [0.1, 0.15) is 0 Å². The number of carbonyl (C=O) groups excluding carboxylic acids is 2. The molecule has 1 aliphatic rings. The highest BCUT2D eigenvalue weighted by Crippen LogP contribution is 2.26. The third-order valence-corrected chi connectivity index (χ3v) is 7.03. The maximum absolute atomic E-state index is 13.0. The molecule has 1 aliphatic heterocycles. The molecule has 6 heteroatoms. The number of nitrogens with one attached hydrogen (secondary N) is 2. The van der Waals surface area contributed by atoms with E-state index in [1.54, 1.807) is 11.3 Å². The summed E-state index contributed by atoms with van der Waals surface area (Å²) >= 11 is 1.66. The zero-order chi connectivity index (χ0) is 21.5. The Labute approximate surface area is 184 Å². The molecule has 1 aromatic heterocycles. The summed E-state index contributed by atoms with van der Waals surface area (Å²) < 4.78 is 0. The second-order valence-electron chi connectivity index (χ2n) is 7.94. The van der Waals surface area contributed by atoms with Crippen LogP contribution in [0, 0.1) is 0 Å². The number of aryl methyl sites for hydroxylation is 3. The van der Waals surface area contributed by atoms with Crippen molar-refractivity contribution in [3.05, 3.63) is 51.2 Å². The number of hydrogen-bond donors (Lipinski definition) is 2. The van der Waals surface area contributed by atoms with Gasteiger partial charge < -0.3 is 15.1 Å². The van der Waals surface area contributed by atoms with Crippen LogP contribution in [-0.4, -0.2) is 49.4 Å². The highest BCUT2D eigenvalue weighted by molar-refractivity contribution is 7.14. The fourth-order valence-electron chi connectivity index (χ4n) is 4.04. The lowest BCUT2D eigenvalue weighted by molar-refractivity contribution is -0.895. The Balaban J connectivity index is 1.52. The van der Waals surface area contributed by atoms with Crippen molar-refractivity contribution in [2.24, 2.45) is 0 Å². The molecular formula is C24H34N3O2S+. The molecule has 2 aromatic rings. The monoisotopic (exact) mass is 428 g/mol. The van der Waals surface area contributed by atoms with Gasteiger partial charge >= 0.3 is 0 Å². The molecule has 0 atom stereocenters. The van der Waals surface area contributed by atoms with Crippen molar-refractivity contribution in [3.8, 4) is 0 Å². The second-order valence-corrected chi connectivity index (χ2v) is 9.08. The third-order valence-electron chi connectivity index (χ3n) is 5.81. The molecule has 1 aromatic carbocycles. The van der Waals surface area contributed by atoms with Gasteiger partial charge in [-0.2, -0.15) is 0 Å². The first kappa shape index (κ1) is 22.5. The first-order valence-electron chi connectivity index (χ1n) is 11.2. The van der Waals surface area contributed by atoms with Crippen molar-refractivity contribution < 1.29 is 14.5 Å². The van der Waals surface area contributed by atoms with Crippen LogP contribution >= 0.6 is 11.3 Å². The topological polar surface area (TPSA) is 53.9 Å². The van der Waals surface area contributed by atoms with Gasteiger partial charge in [-0.25, -0.2) is 0 Å². The van der Waals surface area contributed by atoms with Crippen LogP contribution in [0.2, 0.25) is 0 Å². The Morgan fingerprint density at radius 3 is 2.43 bits per heavy atom. The van der Waals surface area contributed by atoms with E-state index in [0.717, 1.165) is 54.9 Å². The molecule has 2 N–H and O–H groups in total. The van der Waals surface area contributed by atoms with Crippen molar-refractivity contribution in [2.45, 2.75) is 46.5 Å². The molecule has 0 bridgehead atoms. The smallest absolute Gasteiger partial charge is 0.279 e. The Hall–Kier alpha value is -2.18. The Morgan fingerprint density at radius 1 is 1.07 bits per heavy atom. The van der Waals surface area contributed by atoms with Gasteiger partial charge in [0, 0.05) is 10.6 Å². The summed E-state index contributed by atoms with van der Waals surface area (Å²) in [5.74, 6) is 0.193. The summed E-state index contributed by atoms with van der Waals surface area (Å²) in [5.41, 5.74) is 3.38. The molecule has 1 fully saturated rings. The van der Waals surface area contributed by atoms with Gasteiger partial charge in [0.05, 0.1) is 31.1 Å². The number of nitrogens with zero attached hydrogens (tertiary/aromatic N) is 1. The predicted molar refractivity (Wildman–Crippen MR) is 124 cm³/mol. The lowest BCUT2D eigenvalue weighted by atomic mass is 10.1. The fraction of sp³-hybridized carbons (Fsp3) is 0.500. The van der Waals surface area contributed by atoms with Gasteiger partial charge in [-0.3, -0.25) is 9.59 Å². The molecule has 1 saturated heterocycles. The molecule has 0 saturated carbocycles. The van der Waals surface area contributed by atoms with Crippen molar-refractivity contribution >= 4 is 28.8 Å². The van der Waals surface area contributed by atoms with Gasteiger partial charge in [0.2, 0.25) is 0 Å². The minimum atomic E-state index is 0.0423. The summed E-state index contributed by atoms with van der Waals surface area (Å²) in [7, 11) is 0. The maximum atomic E-state index is 13.0. The van der Waals surface area contributed by atoms with Crippen LogP contribution in [0.1, 0.15) is 52.9 Å². The zero-order valence-electron chi connectivity index (χ0n) is 18.4. The number of quaternary nitrogens is 1. The van der Waals surface area contributed by atoms with Gasteiger partial charge in [0.15, 0.2) is 6.54 Å². The highest BCUT2D eigenvalue weighted by atomic mass is 32.1. The van der Waals surface area contributed by atoms with Crippen LogP contribution in [0.15, 0.2) is 30.3 Å². The molecule has 5 nitrogen and oxygen atoms in total. The number of benzene rings is 1. The van der Waals surface area contributed by atoms with Crippen LogP contribution in [0.4, 0.5) is 5.69 Å². The molecule has 30 heavy (non-hydrogen) atoms. The standard InChI is InChI=1S/C24H33N3O2S/c1-4-9-21-19(6-3)16-22(30-21)24(29)27-14-12-26(13-15-27)17-23(28)25-20-11-8-7-10-18(20)5-2/h7-8,10-11,16H,4-6,9,12-15,17H2,1-3H3,(H,25,28)/p+1. The summed E-state index contributed by atoms with van der Waals surface area (Å²) in [4.78, 5) is 30.9. The molecule has 2 amide bonds. The summed E-state index contributed by atoms with van der Waals surface area (Å²) in [6, 6.07) is 10.1. The van der Waals surface area contributed by atoms with Crippen LogP contribution < -0.4 is 10.2 Å². The lowest BCUT2D eigenvalue weighted by Crippen LogP contribution is -3.15. The molecule has 2 heterocycles. The van der Waals surface area contributed by atoms with Crippen LogP contribution in [-0.2, 0) is 24.1 Å². The van der Waals surface area contributed by atoms with Crippen LogP contribution in [0.25, 0.3) is 0 Å². The molecule has 0 unspecified atom stereocenters. The first-order chi connectivity index (χ1) is 14.5. The fourth-order valence-corrected chi connectivity index (χ4v) is 5.36. The van der Waals surface area contributed by atoms with Crippen molar-refractivity contribution in [1.82, 2.24) is 4.90 Å². The summed E-state index contributed by atoms with van der Waals surface area (Å²) in [6.45, 7) is 9.89. The molecule has 0 radical (unpaired) electrons. The minimum Gasteiger partial charge on any atom is -0.327 e. The van der Waals surface area contributed by atoms with Crippen molar-refractivity contribution in [2.75, 3.05) is 38.0 Å². The van der Waals surface area contributed by atoms with Gasteiger partial charge in [-0.05, 0) is 42.5 Å². The number of piperazine rings is 1. The molecule has 0 aliphatic carbocycles. The number of amides is 2. The number of anilines is 1. The largest absolute Gasteiger partial charge is 0.327 e. The van der Waals surface area contributed by atoms with Crippen molar-refractivity contribution in [3.63, 3.8) is 0 Å². The zero-order valence-corrected chi connectivity index (χ0v) is 19.2. The Bertz CT molecular complexity index is 869. The SMILES string of the molecule is CCCc1sc(C(=O)N2CC[NH+](CC(=O)Nc3ccccc3CC)CC2)cc1CC. The Morgan fingerprint density at radius 2 is 1.77 bits per heavy atom. The van der Waals surface area contributed by atoms with E-state index in [4.69, 9.17) is 0 Å². The molecule has 0 spiro atoms. The van der Waals surface area contributed by atoms with Crippen molar-refractivity contribution in [1.29, 1.82) is 0 Å². The molecular weight excluding hydrogens is 394 g/mol. The highest BCUT2D eigenvalue weighted by Gasteiger charge is 2.27. The number of hydrogen-bond acceptors (Lipinski definition) is 3. The summed E-state index contributed by atoms with van der Waals surface area (Å²) in [6.07, 6.45) is 4.03. The van der Waals surface area contributed by atoms with Gasteiger partial charge in [-0.15, -0.1) is 11.3 Å². The number of rotatable bonds is 8. The number of carbonyl (C=O) groups is 2. The van der Waals surface area contributed by atoms with E-state index in [0.29, 0.717) is 19.6 Å². The van der Waals surface area contributed by atoms with E-state index in [1.807, 2.05) is 29.2 Å². The van der Waals surface area contributed by atoms with E-state index in [-0.39, 0.29) is 11.8 Å². The number of thiophene rings is 1. The average molecular weight is 429 g/mol. The molecule has 162 valence electrons. The van der Waals surface area contributed by atoms with E-state index in [2.05, 4.69) is 32.2 Å². The van der Waals surface area contributed by atoms with Gasteiger partial charge in [0.25, 0.3) is 11.8 Å². The van der Waals surface area contributed by atoms with E-state index < -0.39 is 0 Å². The maximum Gasteiger partial charge on any atom is 0.279 e.